The molecule has 0 radical (unpaired) electrons. The maximum absolute atomic E-state index is 13.0. The van der Waals surface area contributed by atoms with Crippen LogP contribution in [0.4, 0.5) is 4.39 Å². The zero-order valence-electron chi connectivity index (χ0n) is 10.4. The van der Waals surface area contributed by atoms with E-state index in [9.17, 15) is 17.6 Å². The fourth-order valence-corrected chi connectivity index (χ4v) is 2.20. The fourth-order valence-electron chi connectivity index (χ4n) is 1.22. The van der Waals surface area contributed by atoms with Crippen molar-refractivity contribution in [3.8, 4) is 5.75 Å². The molecule has 19 heavy (non-hydrogen) atoms. The molecular weight excluding hydrogens is 297 g/mol. The first-order valence-electron chi connectivity index (χ1n) is 5.36. The third-order valence-corrected chi connectivity index (χ3v) is 3.76. The SMILES string of the molecule is CCN(C)C(=O)COc1ccc(F)cc1S(=O)(=O)Cl. The number of rotatable bonds is 5. The predicted octanol–water partition coefficient (Wildman–Crippen LogP) is 1.61. The van der Waals surface area contributed by atoms with E-state index in [0.717, 1.165) is 18.2 Å². The van der Waals surface area contributed by atoms with Crippen LogP contribution >= 0.6 is 10.7 Å². The summed E-state index contributed by atoms with van der Waals surface area (Å²) in [6.07, 6.45) is 0. The fraction of sp³-hybridized carbons (Fsp3) is 0.364. The van der Waals surface area contributed by atoms with Crippen molar-refractivity contribution >= 4 is 25.6 Å². The van der Waals surface area contributed by atoms with Crippen molar-refractivity contribution in [3.05, 3.63) is 24.0 Å². The Bertz CT molecular complexity index is 576. The lowest BCUT2D eigenvalue weighted by Gasteiger charge is -2.15. The number of likely N-dealkylation sites (N-methyl/N-ethyl adjacent to an activating group) is 1. The van der Waals surface area contributed by atoms with Crippen LogP contribution in [0.5, 0.6) is 5.75 Å². The smallest absolute Gasteiger partial charge is 0.265 e. The van der Waals surface area contributed by atoms with Gasteiger partial charge >= 0.3 is 0 Å². The van der Waals surface area contributed by atoms with E-state index in [-0.39, 0.29) is 18.3 Å². The predicted molar refractivity (Wildman–Crippen MR) is 68.2 cm³/mol. The summed E-state index contributed by atoms with van der Waals surface area (Å²) in [6.45, 7) is 1.92. The molecule has 0 atom stereocenters. The van der Waals surface area contributed by atoms with Gasteiger partial charge in [-0.25, -0.2) is 12.8 Å². The molecule has 8 heteroatoms. The Hall–Kier alpha value is -1.34. The van der Waals surface area contributed by atoms with E-state index in [1.165, 1.54) is 4.90 Å². The van der Waals surface area contributed by atoms with Crippen molar-refractivity contribution in [3.63, 3.8) is 0 Å². The summed E-state index contributed by atoms with van der Waals surface area (Å²) in [4.78, 5) is 12.4. The number of hydrogen-bond donors (Lipinski definition) is 0. The normalized spacial score (nSPS) is 11.2. The standard InChI is InChI=1S/C11H13ClFNO4S/c1-3-14(2)11(15)7-18-9-5-4-8(13)6-10(9)19(12,16)17/h4-6H,3,7H2,1-2H3. The Morgan fingerprint density at radius 1 is 1.47 bits per heavy atom. The molecule has 0 aromatic heterocycles. The topological polar surface area (TPSA) is 63.7 Å². The molecule has 106 valence electrons. The maximum Gasteiger partial charge on any atom is 0.265 e. The monoisotopic (exact) mass is 309 g/mol. The van der Waals surface area contributed by atoms with Crippen LogP contribution < -0.4 is 4.74 Å². The van der Waals surface area contributed by atoms with Gasteiger partial charge in [-0.05, 0) is 25.1 Å². The summed E-state index contributed by atoms with van der Waals surface area (Å²) in [5, 5.41) is 0. The van der Waals surface area contributed by atoms with Gasteiger partial charge in [0.2, 0.25) is 0 Å². The van der Waals surface area contributed by atoms with Crippen LogP contribution in [0.1, 0.15) is 6.92 Å². The highest BCUT2D eigenvalue weighted by atomic mass is 35.7. The van der Waals surface area contributed by atoms with Crippen LogP contribution in [0.3, 0.4) is 0 Å². The second-order valence-corrected chi connectivity index (χ2v) is 6.26. The zero-order chi connectivity index (χ0) is 14.6. The Morgan fingerprint density at radius 2 is 2.11 bits per heavy atom. The van der Waals surface area contributed by atoms with Crippen molar-refractivity contribution in [2.45, 2.75) is 11.8 Å². The minimum atomic E-state index is -4.15. The molecule has 1 amide bonds. The van der Waals surface area contributed by atoms with Crippen molar-refractivity contribution in [2.75, 3.05) is 20.2 Å². The highest BCUT2D eigenvalue weighted by Gasteiger charge is 2.19. The molecule has 0 saturated carbocycles. The summed E-state index contributed by atoms with van der Waals surface area (Å²) >= 11 is 0. The molecule has 0 unspecified atom stereocenters. The average molecular weight is 310 g/mol. The molecule has 0 heterocycles. The number of ether oxygens (including phenoxy) is 1. The number of halogens is 2. The van der Waals surface area contributed by atoms with Gasteiger partial charge in [-0.1, -0.05) is 0 Å². The van der Waals surface area contributed by atoms with Crippen LogP contribution in [0.2, 0.25) is 0 Å². The Labute approximate surface area is 115 Å². The highest BCUT2D eigenvalue weighted by molar-refractivity contribution is 8.13. The molecule has 5 nitrogen and oxygen atoms in total. The number of carbonyl (C=O) groups excluding carboxylic acids is 1. The van der Waals surface area contributed by atoms with Gasteiger partial charge in [0.15, 0.2) is 6.61 Å². The molecule has 0 aliphatic rings. The second-order valence-electron chi connectivity index (χ2n) is 3.73. The zero-order valence-corrected chi connectivity index (χ0v) is 12.0. The summed E-state index contributed by atoms with van der Waals surface area (Å²) < 4.78 is 40.6. The van der Waals surface area contributed by atoms with Gasteiger partial charge in [0, 0.05) is 24.3 Å². The number of nitrogens with zero attached hydrogens (tertiary/aromatic N) is 1. The first-order valence-corrected chi connectivity index (χ1v) is 7.67. The lowest BCUT2D eigenvalue weighted by atomic mass is 10.3. The molecular formula is C11H13ClFNO4S. The first kappa shape index (κ1) is 15.7. The second kappa shape index (κ2) is 6.21. The largest absolute Gasteiger partial charge is 0.482 e. The van der Waals surface area contributed by atoms with Gasteiger partial charge in [0.05, 0.1) is 0 Å². The minimum Gasteiger partial charge on any atom is -0.482 e. The molecule has 0 N–H and O–H groups in total. The number of benzene rings is 1. The lowest BCUT2D eigenvalue weighted by molar-refractivity contribution is -0.131. The third-order valence-electron chi connectivity index (χ3n) is 2.42. The highest BCUT2D eigenvalue weighted by Crippen LogP contribution is 2.27. The van der Waals surface area contributed by atoms with Gasteiger partial charge < -0.3 is 9.64 Å². The molecule has 0 bridgehead atoms. The van der Waals surface area contributed by atoms with E-state index in [1.807, 2.05) is 0 Å². The van der Waals surface area contributed by atoms with Crippen molar-refractivity contribution in [1.29, 1.82) is 0 Å². The van der Waals surface area contributed by atoms with Crippen LogP contribution in [0.15, 0.2) is 23.1 Å². The Kier molecular flexibility index (Phi) is 5.13. The van der Waals surface area contributed by atoms with Gasteiger partial charge in [0.1, 0.15) is 16.5 Å². The van der Waals surface area contributed by atoms with E-state index in [0.29, 0.717) is 6.54 Å². The lowest BCUT2D eigenvalue weighted by Crippen LogP contribution is -2.31. The summed E-state index contributed by atoms with van der Waals surface area (Å²) in [7, 11) is 2.60. The molecule has 0 fully saturated rings. The van der Waals surface area contributed by atoms with Crippen LogP contribution in [0, 0.1) is 5.82 Å². The quantitative estimate of drug-likeness (QED) is 0.775. The molecule has 1 aromatic rings. The van der Waals surface area contributed by atoms with E-state index < -0.39 is 19.8 Å². The van der Waals surface area contributed by atoms with Crippen molar-refractivity contribution < 1.29 is 22.3 Å². The van der Waals surface area contributed by atoms with Gasteiger partial charge in [0.25, 0.3) is 15.0 Å². The van der Waals surface area contributed by atoms with Crippen LogP contribution in [-0.2, 0) is 13.8 Å². The Morgan fingerprint density at radius 3 is 2.63 bits per heavy atom. The van der Waals surface area contributed by atoms with Gasteiger partial charge in [-0.3, -0.25) is 4.79 Å². The summed E-state index contributed by atoms with van der Waals surface area (Å²) in [5.74, 6) is -1.25. The minimum absolute atomic E-state index is 0.158. The number of carbonyl (C=O) groups is 1. The van der Waals surface area contributed by atoms with Crippen LogP contribution in [0.25, 0.3) is 0 Å². The summed E-state index contributed by atoms with van der Waals surface area (Å²) in [6, 6.07) is 2.88. The van der Waals surface area contributed by atoms with E-state index in [1.54, 1.807) is 14.0 Å². The van der Waals surface area contributed by atoms with Gasteiger partial charge in [-0.15, -0.1) is 0 Å². The number of hydrogen-bond acceptors (Lipinski definition) is 4. The van der Waals surface area contributed by atoms with E-state index >= 15 is 0 Å². The van der Waals surface area contributed by atoms with Gasteiger partial charge in [-0.2, -0.15) is 0 Å². The third kappa shape index (κ3) is 4.36. The molecule has 0 aliphatic carbocycles. The maximum atomic E-state index is 13.0. The van der Waals surface area contributed by atoms with E-state index in [4.69, 9.17) is 15.4 Å². The first-order chi connectivity index (χ1) is 8.75. The summed E-state index contributed by atoms with van der Waals surface area (Å²) in [5.41, 5.74) is 0. The number of amides is 1. The van der Waals surface area contributed by atoms with E-state index in [2.05, 4.69) is 0 Å². The van der Waals surface area contributed by atoms with Crippen LogP contribution in [-0.4, -0.2) is 39.4 Å². The Balaban J connectivity index is 2.94. The van der Waals surface area contributed by atoms with Crippen molar-refractivity contribution in [2.24, 2.45) is 0 Å². The molecule has 0 aliphatic heterocycles. The average Bonchev–Trinajstić information content (AvgIpc) is 2.34. The molecule has 1 aromatic carbocycles. The molecule has 1 rings (SSSR count). The molecule has 0 spiro atoms. The van der Waals surface area contributed by atoms with Crippen molar-refractivity contribution in [1.82, 2.24) is 4.90 Å². The molecule has 0 saturated heterocycles.